The van der Waals surface area contributed by atoms with Gasteiger partial charge in [-0.05, 0) is 24.3 Å². The molecule has 1 N–H and O–H groups in total. The van der Waals surface area contributed by atoms with Crippen molar-refractivity contribution in [2.75, 3.05) is 38.0 Å². The van der Waals surface area contributed by atoms with E-state index >= 15 is 0 Å². The molecule has 2 amide bonds. The molecule has 1 aliphatic rings. The second-order valence-electron chi connectivity index (χ2n) is 6.50. The molecule has 8 heteroatoms. The summed E-state index contributed by atoms with van der Waals surface area (Å²) in [4.78, 5) is 28.8. The first kappa shape index (κ1) is 17.2. The Balaban J connectivity index is 1.30. The number of benzene rings is 1. The molecule has 27 heavy (non-hydrogen) atoms. The Kier molecular flexibility index (Phi) is 4.80. The first-order valence-electron chi connectivity index (χ1n) is 8.85. The highest BCUT2D eigenvalue weighted by molar-refractivity contribution is 5.94. The second kappa shape index (κ2) is 7.55. The van der Waals surface area contributed by atoms with Gasteiger partial charge in [-0.15, -0.1) is 10.2 Å². The number of hydrogen-bond acceptors (Lipinski definition) is 5. The Morgan fingerprint density at radius 3 is 2.56 bits per heavy atom. The van der Waals surface area contributed by atoms with E-state index in [1.165, 1.54) is 0 Å². The van der Waals surface area contributed by atoms with Gasteiger partial charge in [-0.25, -0.2) is 0 Å². The summed E-state index contributed by atoms with van der Waals surface area (Å²) in [7, 11) is 0. The molecular weight excluding hydrogens is 344 g/mol. The SMILES string of the molecule is O=C(CN1CCN(C(=O)c2ccc3nncn3c2)CC1)Nc1ccccc1. The van der Waals surface area contributed by atoms with Crippen LogP contribution in [0.2, 0.25) is 0 Å². The van der Waals surface area contributed by atoms with Gasteiger partial charge >= 0.3 is 0 Å². The highest BCUT2D eigenvalue weighted by Gasteiger charge is 2.23. The maximum Gasteiger partial charge on any atom is 0.255 e. The highest BCUT2D eigenvalue weighted by atomic mass is 16.2. The van der Waals surface area contributed by atoms with Crippen molar-refractivity contribution in [2.24, 2.45) is 0 Å². The fraction of sp³-hybridized carbons (Fsp3) is 0.263. The van der Waals surface area contributed by atoms with E-state index < -0.39 is 0 Å². The van der Waals surface area contributed by atoms with E-state index in [4.69, 9.17) is 0 Å². The molecule has 1 saturated heterocycles. The Labute approximate surface area is 156 Å². The number of aromatic nitrogens is 3. The molecule has 3 aromatic rings. The molecule has 1 aromatic carbocycles. The van der Waals surface area contributed by atoms with Gasteiger partial charge in [0.1, 0.15) is 6.33 Å². The predicted molar refractivity (Wildman–Crippen MR) is 100 cm³/mol. The van der Waals surface area contributed by atoms with E-state index in [1.54, 1.807) is 29.1 Å². The quantitative estimate of drug-likeness (QED) is 0.750. The molecule has 3 heterocycles. The molecule has 8 nitrogen and oxygen atoms in total. The minimum Gasteiger partial charge on any atom is -0.336 e. The van der Waals surface area contributed by atoms with Crippen molar-refractivity contribution in [1.29, 1.82) is 0 Å². The van der Waals surface area contributed by atoms with E-state index in [9.17, 15) is 9.59 Å². The third kappa shape index (κ3) is 3.95. The Morgan fingerprint density at radius 1 is 1.00 bits per heavy atom. The molecule has 4 rings (SSSR count). The first-order chi connectivity index (χ1) is 13.2. The number of carbonyl (C=O) groups is 2. The van der Waals surface area contributed by atoms with Gasteiger partial charge in [0.15, 0.2) is 5.65 Å². The Bertz CT molecular complexity index is 947. The lowest BCUT2D eigenvalue weighted by molar-refractivity contribution is -0.117. The van der Waals surface area contributed by atoms with Gasteiger partial charge in [-0.1, -0.05) is 18.2 Å². The smallest absolute Gasteiger partial charge is 0.255 e. The standard InChI is InChI=1S/C19H20N6O2/c26-18(21-16-4-2-1-3-5-16)13-23-8-10-24(11-9-23)19(27)15-6-7-17-22-20-14-25(17)12-15/h1-7,12,14H,8-11,13H2,(H,21,26). The molecule has 0 unspecified atom stereocenters. The van der Waals surface area contributed by atoms with Gasteiger partial charge < -0.3 is 10.2 Å². The highest BCUT2D eigenvalue weighted by Crippen LogP contribution is 2.11. The number of anilines is 1. The van der Waals surface area contributed by atoms with Crippen LogP contribution in [0.25, 0.3) is 5.65 Å². The summed E-state index contributed by atoms with van der Waals surface area (Å²) in [5.74, 6) is -0.0574. The molecule has 0 aliphatic carbocycles. The fourth-order valence-corrected chi connectivity index (χ4v) is 3.17. The van der Waals surface area contributed by atoms with Crippen molar-refractivity contribution in [2.45, 2.75) is 0 Å². The van der Waals surface area contributed by atoms with E-state index in [2.05, 4.69) is 20.4 Å². The lowest BCUT2D eigenvalue weighted by Gasteiger charge is -2.34. The molecule has 0 spiro atoms. The number of hydrogen-bond donors (Lipinski definition) is 1. The molecule has 1 aliphatic heterocycles. The van der Waals surface area contributed by atoms with E-state index in [0.717, 1.165) is 5.69 Å². The molecule has 1 fully saturated rings. The van der Waals surface area contributed by atoms with E-state index in [1.807, 2.05) is 35.2 Å². The van der Waals surface area contributed by atoms with Crippen LogP contribution >= 0.6 is 0 Å². The number of carbonyl (C=O) groups excluding carboxylic acids is 2. The van der Waals surface area contributed by atoms with Gasteiger partial charge in [-0.3, -0.25) is 18.9 Å². The number of nitrogens with zero attached hydrogens (tertiary/aromatic N) is 5. The maximum absolute atomic E-state index is 12.7. The zero-order chi connectivity index (χ0) is 18.6. The summed E-state index contributed by atoms with van der Waals surface area (Å²) in [6.45, 7) is 2.85. The fourth-order valence-electron chi connectivity index (χ4n) is 3.17. The summed E-state index contributed by atoms with van der Waals surface area (Å²) >= 11 is 0. The average Bonchev–Trinajstić information content (AvgIpc) is 3.16. The monoisotopic (exact) mass is 364 g/mol. The summed E-state index contributed by atoms with van der Waals surface area (Å²) in [6, 6.07) is 13.0. The molecule has 0 bridgehead atoms. The van der Waals surface area contributed by atoms with Gasteiger partial charge in [0.2, 0.25) is 5.91 Å². The van der Waals surface area contributed by atoms with Crippen molar-refractivity contribution < 1.29 is 9.59 Å². The van der Waals surface area contributed by atoms with Crippen LogP contribution in [0.5, 0.6) is 0 Å². The normalized spacial score (nSPS) is 15.0. The number of piperazine rings is 1. The molecular formula is C19H20N6O2. The Morgan fingerprint density at radius 2 is 1.78 bits per heavy atom. The molecule has 0 saturated carbocycles. The average molecular weight is 364 g/mol. The van der Waals surface area contributed by atoms with Crippen LogP contribution in [-0.4, -0.2) is 68.9 Å². The van der Waals surface area contributed by atoms with Crippen LogP contribution in [0.1, 0.15) is 10.4 Å². The molecule has 0 atom stereocenters. The third-order valence-corrected chi connectivity index (χ3v) is 4.62. The van der Waals surface area contributed by atoms with Crippen molar-refractivity contribution in [1.82, 2.24) is 24.4 Å². The van der Waals surface area contributed by atoms with Crippen molar-refractivity contribution in [3.8, 4) is 0 Å². The lowest BCUT2D eigenvalue weighted by atomic mass is 10.2. The van der Waals surface area contributed by atoms with Crippen molar-refractivity contribution in [3.05, 3.63) is 60.6 Å². The minimum absolute atomic E-state index is 0.0148. The number of para-hydroxylation sites is 1. The van der Waals surface area contributed by atoms with Crippen LogP contribution in [-0.2, 0) is 4.79 Å². The van der Waals surface area contributed by atoms with Gasteiger partial charge in [0.25, 0.3) is 5.91 Å². The summed E-state index contributed by atoms with van der Waals surface area (Å²) in [5, 5.41) is 10.7. The molecule has 0 radical (unpaired) electrons. The number of pyridine rings is 1. The van der Waals surface area contributed by atoms with Crippen molar-refractivity contribution >= 4 is 23.1 Å². The molecule has 2 aromatic heterocycles. The Hall–Kier alpha value is -3.26. The zero-order valence-electron chi connectivity index (χ0n) is 14.8. The van der Waals surface area contributed by atoms with Crippen LogP contribution in [0.15, 0.2) is 55.0 Å². The lowest BCUT2D eigenvalue weighted by Crippen LogP contribution is -2.50. The van der Waals surface area contributed by atoms with Gasteiger partial charge in [0, 0.05) is 38.1 Å². The number of amides is 2. The topological polar surface area (TPSA) is 82.8 Å². The minimum atomic E-state index is -0.0426. The summed E-state index contributed by atoms with van der Waals surface area (Å²) in [6.07, 6.45) is 3.33. The van der Waals surface area contributed by atoms with Crippen LogP contribution in [0.4, 0.5) is 5.69 Å². The third-order valence-electron chi connectivity index (χ3n) is 4.62. The predicted octanol–water partition coefficient (Wildman–Crippen LogP) is 1.13. The van der Waals surface area contributed by atoms with Gasteiger partial charge in [-0.2, -0.15) is 0 Å². The van der Waals surface area contributed by atoms with Gasteiger partial charge in [0.05, 0.1) is 12.1 Å². The van der Waals surface area contributed by atoms with E-state index in [-0.39, 0.29) is 11.8 Å². The van der Waals surface area contributed by atoms with Crippen LogP contribution in [0, 0.1) is 0 Å². The summed E-state index contributed by atoms with van der Waals surface area (Å²) in [5.41, 5.74) is 2.11. The van der Waals surface area contributed by atoms with Crippen molar-refractivity contribution in [3.63, 3.8) is 0 Å². The maximum atomic E-state index is 12.7. The summed E-state index contributed by atoms with van der Waals surface area (Å²) < 4.78 is 1.73. The second-order valence-corrected chi connectivity index (χ2v) is 6.50. The van der Waals surface area contributed by atoms with E-state index in [0.29, 0.717) is 43.9 Å². The largest absolute Gasteiger partial charge is 0.336 e. The number of rotatable bonds is 4. The number of fused-ring (bicyclic) bond motifs is 1. The first-order valence-corrected chi connectivity index (χ1v) is 8.85. The molecule has 138 valence electrons. The zero-order valence-corrected chi connectivity index (χ0v) is 14.8. The van der Waals surface area contributed by atoms with Crippen LogP contribution < -0.4 is 5.32 Å². The number of nitrogens with one attached hydrogen (secondary N) is 1. The van der Waals surface area contributed by atoms with Crippen LogP contribution in [0.3, 0.4) is 0 Å².